The van der Waals surface area contributed by atoms with Crippen molar-refractivity contribution in [1.29, 1.82) is 0 Å². The fourth-order valence-corrected chi connectivity index (χ4v) is 1.81. The Labute approximate surface area is 96.5 Å². The fourth-order valence-electron chi connectivity index (χ4n) is 0.979. The Kier molecular flexibility index (Phi) is 4.24. The number of carboxylic acid groups (broad SMARTS) is 1. The van der Waals surface area contributed by atoms with Gasteiger partial charge < -0.3 is 16.2 Å². The van der Waals surface area contributed by atoms with E-state index in [1.807, 2.05) is 0 Å². The Morgan fingerprint density at radius 1 is 1.69 bits per heavy atom. The summed E-state index contributed by atoms with van der Waals surface area (Å²) in [6.07, 6.45) is 0.438. The van der Waals surface area contributed by atoms with Crippen molar-refractivity contribution in [2.75, 3.05) is 5.32 Å². The van der Waals surface area contributed by atoms with Crippen molar-refractivity contribution in [1.82, 2.24) is 4.98 Å². The van der Waals surface area contributed by atoms with Crippen molar-refractivity contribution in [3.63, 3.8) is 0 Å². The van der Waals surface area contributed by atoms with E-state index >= 15 is 0 Å². The predicted molar refractivity (Wildman–Crippen MR) is 60.3 cm³/mol. The summed E-state index contributed by atoms with van der Waals surface area (Å²) >= 11 is 1.32. The number of carboxylic acids is 1. The second-order valence-electron chi connectivity index (χ2n) is 3.31. The molecule has 1 aromatic rings. The van der Waals surface area contributed by atoms with Crippen LogP contribution in [0, 0.1) is 0 Å². The molecule has 4 N–H and O–H groups in total. The number of nitrogens with one attached hydrogen (secondary N) is 1. The molecule has 0 spiro atoms. The maximum Gasteiger partial charge on any atom is 0.303 e. The van der Waals surface area contributed by atoms with Gasteiger partial charge >= 0.3 is 5.97 Å². The second kappa shape index (κ2) is 5.45. The molecule has 0 aliphatic carbocycles. The van der Waals surface area contributed by atoms with Crippen LogP contribution in [0.2, 0.25) is 0 Å². The number of nitrogens with two attached hydrogens (primary N) is 1. The lowest BCUT2D eigenvalue weighted by Crippen LogP contribution is -2.32. The van der Waals surface area contributed by atoms with Crippen molar-refractivity contribution in [3.05, 3.63) is 11.1 Å². The SMILES string of the molecule is CC(Nc1nc(CCC(=O)O)cs1)C(N)=O. The zero-order chi connectivity index (χ0) is 12.1. The smallest absolute Gasteiger partial charge is 0.303 e. The molecule has 1 amide bonds. The van der Waals surface area contributed by atoms with Gasteiger partial charge in [0.2, 0.25) is 5.91 Å². The molecule has 6 nitrogen and oxygen atoms in total. The van der Waals surface area contributed by atoms with Crippen LogP contribution in [0.5, 0.6) is 0 Å². The van der Waals surface area contributed by atoms with Crippen LogP contribution in [0.4, 0.5) is 5.13 Å². The first-order valence-electron chi connectivity index (χ1n) is 4.71. The van der Waals surface area contributed by atoms with Gasteiger partial charge in [0.25, 0.3) is 0 Å². The topological polar surface area (TPSA) is 105 Å². The molecule has 1 aromatic heterocycles. The van der Waals surface area contributed by atoms with Crippen LogP contribution in [0.1, 0.15) is 19.0 Å². The quantitative estimate of drug-likeness (QED) is 0.672. The van der Waals surface area contributed by atoms with Gasteiger partial charge in [0.05, 0.1) is 12.1 Å². The largest absolute Gasteiger partial charge is 0.481 e. The first-order valence-corrected chi connectivity index (χ1v) is 5.59. The van der Waals surface area contributed by atoms with Gasteiger partial charge in [0, 0.05) is 11.8 Å². The predicted octanol–water partition coefficient (Wildman–Crippen LogP) is 0.446. The molecule has 1 heterocycles. The molecular weight excluding hydrogens is 230 g/mol. The zero-order valence-corrected chi connectivity index (χ0v) is 9.58. The number of nitrogens with zero attached hydrogens (tertiary/aromatic N) is 1. The highest BCUT2D eigenvalue weighted by Gasteiger charge is 2.10. The number of anilines is 1. The first-order chi connectivity index (χ1) is 7.49. The number of carbonyl (C=O) groups is 2. The molecular formula is C9H13N3O3S. The highest BCUT2D eigenvalue weighted by molar-refractivity contribution is 7.13. The lowest BCUT2D eigenvalue weighted by molar-refractivity contribution is -0.137. The monoisotopic (exact) mass is 243 g/mol. The van der Waals surface area contributed by atoms with E-state index in [9.17, 15) is 9.59 Å². The number of hydrogen-bond donors (Lipinski definition) is 3. The molecule has 1 atom stereocenters. The van der Waals surface area contributed by atoms with E-state index in [0.29, 0.717) is 17.2 Å². The summed E-state index contributed by atoms with van der Waals surface area (Å²) in [6, 6.07) is -0.488. The molecule has 7 heteroatoms. The number of aromatic nitrogens is 1. The molecule has 1 rings (SSSR count). The molecule has 0 aliphatic rings. The molecule has 0 saturated heterocycles. The molecule has 0 bridgehead atoms. The van der Waals surface area contributed by atoms with Crippen molar-refractivity contribution in [3.8, 4) is 0 Å². The van der Waals surface area contributed by atoms with Gasteiger partial charge in [-0.3, -0.25) is 9.59 Å². The third kappa shape index (κ3) is 3.85. The number of aryl methyl sites for hydroxylation is 1. The number of rotatable bonds is 6. The average molecular weight is 243 g/mol. The minimum absolute atomic E-state index is 0.0501. The Balaban J connectivity index is 2.51. The van der Waals surface area contributed by atoms with Crippen molar-refractivity contribution in [2.24, 2.45) is 5.73 Å². The summed E-state index contributed by atoms with van der Waals surface area (Å²) < 4.78 is 0. The van der Waals surface area contributed by atoms with Crippen LogP contribution < -0.4 is 11.1 Å². The van der Waals surface area contributed by atoms with Gasteiger partial charge in [-0.1, -0.05) is 0 Å². The summed E-state index contributed by atoms with van der Waals surface area (Å²) in [7, 11) is 0. The Morgan fingerprint density at radius 3 is 2.94 bits per heavy atom. The van der Waals surface area contributed by atoms with Crippen LogP contribution in [-0.2, 0) is 16.0 Å². The highest BCUT2D eigenvalue weighted by atomic mass is 32.1. The Bertz CT molecular complexity index is 391. The van der Waals surface area contributed by atoms with E-state index in [0.717, 1.165) is 0 Å². The molecule has 0 radical (unpaired) electrons. The Morgan fingerprint density at radius 2 is 2.38 bits per heavy atom. The molecule has 1 unspecified atom stereocenters. The molecule has 16 heavy (non-hydrogen) atoms. The normalized spacial score (nSPS) is 12.1. The molecule has 0 fully saturated rings. The van der Waals surface area contributed by atoms with Crippen LogP contribution in [0.15, 0.2) is 5.38 Å². The van der Waals surface area contributed by atoms with E-state index in [1.165, 1.54) is 11.3 Å². The van der Waals surface area contributed by atoms with Crippen LogP contribution >= 0.6 is 11.3 Å². The molecule has 0 saturated carbocycles. The van der Waals surface area contributed by atoms with Gasteiger partial charge in [0.15, 0.2) is 5.13 Å². The van der Waals surface area contributed by atoms with Gasteiger partial charge in [-0.25, -0.2) is 4.98 Å². The maximum atomic E-state index is 10.8. The third-order valence-corrected chi connectivity index (χ3v) is 2.74. The fraction of sp³-hybridized carbons (Fsp3) is 0.444. The lowest BCUT2D eigenvalue weighted by Gasteiger charge is -2.07. The van der Waals surface area contributed by atoms with Crippen molar-refractivity contribution in [2.45, 2.75) is 25.8 Å². The standard InChI is InChI=1S/C9H13N3O3S/c1-5(8(10)15)11-9-12-6(4-16-9)2-3-7(13)14/h4-5H,2-3H2,1H3,(H2,10,15)(H,11,12)(H,13,14). The van der Waals surface area contributed by atoms with Crippen LogP contribution in [-0.4, -0.2) is 28.0 Å². The van der Waals surface area contributed by atoms with E-state index < -0.39 is 17.9 Å². The number of aliphatic carboxylic acids is 1. The number of carbonyl (C=O) groups excluding carboxylic acids is 1. The van der Waals surface area contributed by atoms with Gasteiger partial charge in [0.1, 0.15) is 6.04 Å². The zero-order valence-electron chi connectivity index (χ0n) is 8.77. The van der Waals surface area contributed by atoms with Gasteiger partial charge in [-0.2, -0.15) is 0 Å². The number of primary amides is 1. The maximum absolute atomic E-state index is 10.8. The van der Waals surface area contributed by atoms with Crippen molar-refractivity contribution < 1.29 is 14.7 Å². The minimum Gasteiger partial charge on any atom is -0.481 e. The summed E-state index contributed by atoms with van der Waals surface area (Å²) in [5.74, 6) is -1.31. The van der Waals surface area contributed by atoms with E-state index in [-0.39, 0.29) is 6.42 Å². The second-order valence-corrected chi connectivity index (χ2v) is 4.16. The summed E-state index contributed by atoms with van der Waals surface area (Å²) in [4.78, 5) is 25.3. The van der Waals surface area contributed by atoms with E-state index in [4.69, 9.17) is 10.8 Å². The number of thiazole rings is 1. The number of hydrogen-bond acceptors (Lipinski definition) is 5. The lowest BCUT2D eigenvalue weighted by atomic mass is 10.2. The molecule has 0 aromatic carbocycles. The molecule has 0 aliphatic heterocycles. The Hall–Kier alpha value is -1.63. The third-order valence-electron chi connectivity index (χ3n) is 1.91. The summed E-state index contributed by atoms with van der Waals surface area (Å²) in [5, 5.41) is 13.7. The van der Waals surface area contributed by atoms with Crippen LogP contribution in [0.3, 0.4) is 0 Å². The van der Waals surface area contributed by atoms with E-state index in [1.54, 1.807) is 12.3 Å². The van der Waals surface area contributed by atoms with Gasteiger partial charge in [-0.05, 0) is 6.92 Å². The van der Waals surface area contributed by atoms with Crippen LogP contribution in [0.25, 0.3) is 0 Å². The first kappa shape index (κ1) is 12.4. The van der Waals surface area contributed by atoms with Gasteiger partial charge in [-0.15, -0.1) is 11.3 Å². The minimum atomic E-state index is -0.854. The number of amides is 1. The molecule has 88 valence electrons. The average Bonchev–Trinajstić information content (AvgIpc) is 2.62. The van der Waals surface area contributed by atoms with Crippen molar-refractivity contribution >= 4 is 28.3 Å². The van der Waals surface area contributed by atoms with E-state index in [2.05, 4.69) is 10.3 Å². The highest BCUT2D eigenvalue weighted by Crippen LogP contribution is 2.17. The summed E-state index contributed by atoms with van der Waals surface area (Å²) in [5.41, 5.74) is 5.79. The summed E-state index contributed by atoms with van der Waals surface area (Å²) in [6.45, 7) is 1.64.